The average Bonchev–Trinajstić information content (AvgIpc) is 3.31. The molecule has 3 rings (SSSR count). The third kappa shape index (κ3) is 7.22. The third-order valence-corrected chi connectivity index (χ3v) is 6.95. The molecular formula is C27H41N3O9. The number of primary amides is 1. The van der Waals surface area contributed by atoms with Crippen molar-refractivity contribution >= 4 is 29.4 Å². The Morgan fingerprint density at radius 3 is 2.62 bits per heavy atom. The van der Waals surface area contributed by atoms with Gasteiger partial charge in [-0.25, -0.2) is 0 Å². The summed E-state index contributed by atoms with van der Waals surface area (Å²) in [5.74, 6) is -2.42. The molecule has 1 aromatic carbocycles. The van der Waals surface area contributed by atoms with Crippen LogP contribution in [0.4, 0.5) is 5.69 Å². The van der Waals surface area contributed by atoms with Crippen LogP contribution < -0.4 is 10.6 Å². The third-order valence-electron chi connectivity index (χ3n) is 6.95. The van der Waals surface area contributed by atoms with Crippen LogP contribution in [0.3, 0.4) is 0 Å². The molecule has 1 aliphatic carbocycles. The number of ketones is 2. The van der Waals surface area contributed by atoms with Gasteiger partial charge in [-0.1, -0.05) is 5.16 Å². The molecule has 12 nitrogen and oxygen atoms in total. The number of furan rings is 1. The molecule has 1 heterocycles. The highest BCUT2D eigenvalue weighted by Gasteiger charge is 2.36. The Morgan fingerprint density at radius 1 is 1.31 bits per heavy atom. The van der Waals surface area contributed by atoms with E-state index in [1.807, 2.05) is 19.0 Å². The number of nitrogens with two attached hydrogens (primary N) is 1. The van der Waals surface area contributed by atoms with Crippen molar-refractivity contribution in [1.29, 1.82) is 0 Å². The zero-order chi connectivity index (χ0) is 28.0. The molecule has 0 bridgehead atoms. The molecule has 3 unspecified atom stereocenters. The number of fused-ring (bicyclic) bond motifs is 1. The van der Waals surface area contributed by atoms with E-state index in [9.17, 15) is 29.7 Å². The Kier molecular flexibility index (Phi) is 11.2. The van der Waals surface area contributed by atoms with Gasteiger partial charge >= 0.3 is 0 Å². The summed E-state index contributed by atoms with van der Waals surface area (Å²) in [6.45, 7) is -0.697. The summed E-state index contributed by atoms with van der Waals surface area (Å²) in [6, 6.07) is 5.10. The van der Waals surface area contributed by atoms with Gasteiger partial charge in [0.2, 0.25) is 5.91 Å². The van der Waals surface area contributed by atoms with Gasteiger partial charge in [-0.05, 0) is 54.9 Å². The Labute approximate surface area is 229 Å². The van der Waals surface area contributed by atoms with Crippen molar-refractivity contribution in [3.8, 4) is 17.1 Å². The monoisotopic (exact) mass is 551 g/mol. The highest BCUT2D eigenvalue weighted by molar-refractivity contribution is 6.05. The second-order valence-electron chi connectivity index (χ2n) is 9.76. The summed E-state index contributed by atoms with van der Waals surface area (Å²) in [7, 11) is 5.08. The van der Waals surface area contributed by atoms with Crippen molar-refractivity contribution < 1.29 is 47.3 Å². The molecule has 12 heteroatoms. The maximum atomic E-state index is 13.4. The topological polar surface area (TPSA) is 207 Å². The molecule has 1 aromatic heterocycles. The number of anilines is 1. The van der Waals surface area contributed by atoms with Crippen molar-refractivity contribution in [1.82, 2.24) is 0 Å². The van der Waals surface area contributed by atoms with Gasteiger partial charge in [0.15, 0.2) is 5.78 Å². The van der Waals surface area contributed by atoms with Crippen LogP contribution >= 0.6 is 0 Å². The Morgan fingerprint density at radius 2 is 2.03 bits per heavy atom. The lowest BCUT2D eigenvalue weighted by molar-refractivity contribution is -0.131. The van der Waals surface area contributed by atoms with Crippen molar-refractivity contribution in [3.05, 3.63) is 35.1 Å². The van der Waals surface area contributed by atoms with Crippen LogP contribution in [-0.4, -0.2) is 78.9 Å². The molecule has 39 heavy (non-hydrogen) atoms. The standard InChI is InChI=1S/C27H35N3O8.H2O.2H2/c1-30(2)21-11-19(24-5-4-17(38-24)13-29-37-3)27(36)26-18(21)9-15(10-23(26)34)8-16(6-7-31)20(14-32)22(33)12-25(28)35;;;/h4-5,11,13,15-16,20,31-32,36H,6-10,12,14H2,1-3H3,(H2,28,35);1H2;2*1H/b29-13+;;;. The number of aliphatic hydroxyl groups is 2. The predicted molar refractivity (Wildman–Crippen MR) is 148 cm³/mol. The molecular weight excluding hydrogens is 510 g/mol. The van der Waals surface area contributed by atoms with Crippen LogP contribution in [0.1, 0.15) is 50.2 Å². The van der Waals surface area contributed by atoms with Gasteiger partial charge in [-0.15, -0.1) is 0 Å². The molecule has 0 aliphatic heterocycles. The van der Waals surface area contributed by atoms with Crippen LogP contribution in [0.25, 0.3) is 11.3 Å². The van der Waals surface area contributed by atoms with E-state index in [-0.39, 0.29) is 50.8 Å². The molecule has 0 radical (unpaired) electrons. The van der Waals surface area contributed by atoms with E-state index in [1.165, 1.54) is 13.3 Å². The number of oxime groups is 1. The summed E-state index contributed by atoms with van der Waals surface area (Å²) < 4.78 is 5.77. The van der Waals surface area contributed by atoms with Gasteiger partial charge < -0.3 is 40.7 Å². The Hall–Kier alpha value is -3.74. The number of benzene rings is 1. The first-order valence-corrected chi connectivity index (χ1v) is 12.4. The summed E-state index contributed by atoms with van der Waals surface area (Å²) in [5.41, 5.74) is 7.18. The van der Waals surface area contributed by atoms with E-state index in [0.29, 0.717) is 35.5 Å². The van der Waals surface area contributed by atoms with Gasteiger partial charge in [0.1, 0.15) is 36.4 Å². The second kappa shape index (κ2) is 13.9. The summed E-state index contributed by atoms with van der Waals surface area (Å²) in [6.07, 6.45) is 2.05. The van der Waals surface area contributed by atoms with Crippen LogP contribution in [0, 0.1) is 17.8 Å². The first kappa shape index (κ1) is 31.5. The number of Topliss-reactive ketones (excluding diaryl/α,β-unsaturated/α-hetero) is 2. The number of hydrogen-bond donors (Lipinski definition) is 4. The number of carbonyl (C=O) groups is 3. The van der Waals surface area contributed by atoms with Crippen LogP contribution in [0.2, 0.25) is 0 Å². The number of phenols is 1. The lowest BCUT2D eigenvalue weighted by Gasteiger charge is -2.33. The number of aromatic hydroxyl groups is 1. The normalized spacial score (nSPS) is 16.3. The van der Waals surface area contributed by atoms with Crippen LogP contribution in [0.5, 0.6) is 5.75 Å². The second-order valence-corrected chi connectivity index (χ2v) is 9.76. The zero-order valence-corrected chi connectivity index (χ0v) is 22.3. The average molecular weight is 552 g/mol. The largest absolute Gasteiger partial charge is 0.506 e. The number of rotatable bonds is 13. The molecule has 0 saturated carbocycles. The molecule has 218 valence electrons. The Bertz CT molecular complexity index is 1220. The molecule has 0 saturated heterocycles. The van der Waals surface area contributed by atoms with E-state index < -0.39 is 36.6 Å². The number of hydrogen-bond acceptors (Lipinski definition) is 10. The highest BCUT2D eigenvalue weighted by atomic mass is 16.6. The fourth-order valence-corrected chi connectivity index (χ4v) is 5.25. The minimum atomic E-state index is -0.870. The lowest BCUT2D eigenvalue weighted by atomic mass is 9.73. The Balaban J connectivity index is 0.00000533. The molecule has 1 amide bonds. The molecule has 1 aliphatic rings. The molecule has 2 aromatic rings. The molecule has 7 N–H and O–H groups in total. The summed E-state index contributed by atoms with van der Waals surface area (Å²) >= 11 is 0. The number of carbonyl (C=O) groups excluding carboxylic acids is 3. The minimum Gasteiger partial charge on any atom is -0.506 e. The smallest absolute Gasteiger partial charge is 0.224 e. The highest BCUT2D eigenvalue weighted by Crippen LogP contribution is 2.45. The number of phenolic OH excluding ortho intramolecular Hbond substituents is 1. The summed E-state index contributed by atoms with van der Waals surface area (Å²) in [5, 5.41) is 34.4. The van der Waals surface area contributed by atoms with Crippen LogP contribution in [-0.2, 0) is 20.8 Å². The maximum absolute atomic E-state index is 13.4. The summed E-state index contributed by atoms with van der Waals surface area (Å²) in [4.78, 5) is 43.8. The minimum absolute atomic E-state index is 0. The predicted octanol–water partition coefficient (Wildman–Crippen LogP) is 1.55. The SMILES string of the molecule is CO/N=C/c1ccc(-c2cc(N(C)C)c3c(c2O)C(=O)CC(CC(CCO)C(CO)C(=O)CC(N)=O)C3)o1.O.[HH].[HH]. The molecule has 0 spiro atoms. The van der Waals surface area contributed by atoms with Gasteiger partial charge in [-0.2, -0.15) is 0 Å². The van der Waals surface area contributed by atoms with Crippen molar-refractivity contribution in [3.63, 3.8) is 0 Å². The number of amides is 1. The molecule has 0 fully saturated rings. The molecule has 3 atom stereocenters. The number of aliphatic hydroxyl groups excluding tert-OH is 2. The fourth-order valence-electron chi connectivity index (χ4n) is 5.25. The number of nitrogens with zero attached hydrogens (tertiary/aromatic N) is 2. The quantitative estimate of drug-likeness (QED) is 0.161. The van der Waals surface area contributed by atoms with Gasteiger partial charge in [-0.3, -0.25) is 14.4 Å². The zero-order valence-electron chi connectivity index (χ0n) is 22.3. The van der Waals surface area contributed by atoms with Crippen molar-refractivity contribution in [2.24, 2.45) is 28.6 Å². The maximum Gasteiger partial charge on any atom is 0.224 e. The van der Waals surface area contributed by atoms with E-state index in [0.717, 1.165) is 5.69 Å². The first-order valence-electron chi connectivity index (χ1n) is 12.4. The van der Waals surface area contributed by atoms with Gasteiger partial charge in [0.05, 0.1) is 24.2 Å². The van der Waals surface area contributed by atoms with Crippen molar-refractivity contribution in [2.75, 3.05) is 39.3 Å². The van der Waals surface area contributed by atoms with E-state index in [1.54, 1.807) is 18.2 Å². The first-order chi connectivity index (χ1) is 18.1. The van der Waals surface area contributed by atoms with Crippen molar-refractivity contribution in [2.45, 2.75) is 32.1 Å². The fraction of sp³-hybridized carbons (Fsp3) is 0.481. The van der Waals surface area contributed by atoms with Gasteiger partial charge in [0.25, 0.3) is 0 Å². The van der Waals surface area contributed by atoms with E-state index in [4.69, 9.17) is 10.2 Å². The lowest BCUT2D eigenvalue weighted by Crippen LogP contribution is -2.34. The van der Waals surface area contributed by atoms with Gasteiger partial charge in [0, 0.05) is 41.6 Å². The van der Waals surface area contributed by atoms with Crippen LogP contribution in [0.15, 0.2) is 27.8 Å². The van der Waals surface area contributed by atoms with E-state index in [2.05, 4.69) is 9.99 Å². The van der Waals surface area contributed by atoms with E-state index >= 15 is 0 Å².